The van der Waals surface area contributed by atoms with Gasteiger partial charge in [-0.1, -0.05) is 0 Å². The topological polar surface area (TPSA) is 110 Å². The Hall–Kier alpha value is -1.71. The van der Waals surface area contributed by atoms with Crippen molar-refractivity contribution < 1.29 is 8.42 Å². The molecule has 4 N–H and O–H groups in total. The number of aryl methyl sites for hydroxylation is 1. The first-order chi connectivity index (χ1) is 9.44. The standard InChI is InChI=1S/C11H12BrN5O2S/c1-7-5-10(15-6-8(7)12)17-20(18,19)9-3-2-4-14-11(9)16-13/h2-6H,13H2,1H3,(H,14,16)(H,15,17). The second-order valence-electron chi connectivity index (χ2n) is 3.92. The van der Waals surface area contributed by atoms with Crippen molar-refractivity contribution in [2.75, 3.05) is 10.1 Å². The number of hydrogen-bond donors (Lipinski definition) is 3. The van der Waals surface area contributed by atoms with E-state index in [1.807, 2.05) is 6.92 Å². The molecule has 7 nitrogen and oxygen atoms in total. The minimum atomic E-state index is -3.82. The number of nitrogens with one attached hydrogen (secondary N) is 2. The van der Waals surface area contributed by atoms with E-state index in [4.69, 9.17) is 5.84 Å². The molecule has 0 aliphatic carbocycles. The van der Waals surface area contributed by atoms with Crippen LogP contribution in [-0.2, 0) is 10.0 Å². The van der Waals surface area contributed by atoms with Crippen LogP contribution in [0.25, 0.3) is 0 Å². The van der Waals surface area contributed by atoms with Gasteiger partial charge >= 0.3 is 0 Å². The van der Waals surface area contributed by atoms with Crippen LogP contribution in [0, 0.1) is 6.92 Å². The summed E-state index contributed by atoms with van der Waals surface area (Å²) < 4.78 is 27.7. The van der Waals surface area contributed by atoms with Crippen molar-refractivity contribution in [3.8, 4) is 0 Å². The Balaban J connectivity index is 2.38. The molecule has 0 aromatic carbocycles. The maximum atomic E-state index is 12.3. The maximum Gasteiger partial charge on any atom is 0.266 e. The Morgan fingerprint density at radius 1 is 1.35 bits per heavy atom. The van der Waals surface area contributed by atoms with Gasteiger partial charge < -0.3 is 5.43 Å². The normalized spacial score (nSPS) is 11.2. The molecule has 106 valence electrons. The summed E-state index contributed by atoms with van der Waals surface area (Å²) in [4.78, 5) is 7.80. The minimum absolute atomic E-state index is 0.0510. The molecule has 0 aliphatic rings. The average molecular weight is 358 g/mol. The fraction of sp³-hybridized carbons (Fsp3) is 0.0909. The molecule has 0 spiro atoms. The van der Waals surface area contributed by atoms with Gasteiger partial charge in [0.2, 0.25) is 0 Å². The molecular formula is C11H12BrN5O2S. The molecule has 0 aliphatic heterocycles. The highest BCUT2D eigenvalue weighted by Crippen LogP contribution is 2.22. The van der Waals surface area contributed by atoms with Crippen LogP contribution in [0.4, 0.5) is 11.6 Å². The van der Waals surface area contributed by atoms with E-state index in [1.165, 1.54) is 24.5 Å². The Labute approximate surface area is 124 Å². The summed E-state index contributed by atoms with van der Waals surface area (Å²) in [6, 6.07) is 4.53. The zero-order valence-electron chi connectivity index (χ0n) is 10.5. The van der Waals surface area contributed by atoms with Crippen LogP contribution in [0.5, 0.6) is 0 Å². The van der Waals surface area contributed by atoms with Crippen LogP contribution in [0.3, 0.4) is 0 Å². The van der Waals surface area contributed by atoms with Gasteiger partial charge in [-0.15, -0.1) is 0 Å². The third kappa shape index (κ3) is 3.06. The van der Waals surface area contributed by atoms with Gasteiger partial charge in [-0.2, -0.15) is 0 Å². The molecule has 0 saturated heterocycles. The van der Waals surface area contributed by atoms with E-state index in [-0.39, 0.29) is 16.5 Å². The van der Waals surface area contributed by atoms with Crippen molar-refractivity contribution in [2.45, 2.75) is 11.8 Å². The number of nitrogen functional groups attached to an aromatic ring is 1. The van der Waals surface area contributed by atoms with E-state index in [1.54, 1.807) is 6.07 Å². The lowest BCUT2D eigenvalue weighted by Gasteiger charge is -2.11. The molecule has 0 saturated carbocycles. The van der Waals surface area contributed by atoms with E-state index < -0.39 is 10.0 Å². The number of hydrogen-bond acceptors (Lipinski definition) is 6. The van der Waals surface area contributed by atoms with Gasteiger partial charge in [0.25, 0.3) is 10.0 Å². The highest BCUT2D eigenvalue weighted by molar-refractivity contribution is 9.10. The van der Waals surface area contributed by atoms with Gasteiger partial charge in [-0.3, -0.25) is 4.72 Å². The van der Waals surface area contributed by atoms with Gasteiger partial charge in [-0.25, -0.2) is 24.2 Å². The van der Waals surface area contributed by atoms with Crippen LogP contribution in [-0.4, -0.2) is 18.4 Å². The fourth-order valence-electron chi connectivity index (χ4n) is 1.50. The molecule has 0 bridgehead atoms. The lowest BCUT2D eigenvalue weighted by molar-refractivity contribution is 0.601. The molecule has 0 unspecified atom stereocenters. The summed E-state index contributed by atoms with van der Waals surface area (Å²) >= 11 is 3.30. The molecular weight excluding hydrogens is 346 g/mol. The van der Waals surface area contributed by atoms with Crippen LogP contribution < -0.4 is 16.0 Å². The smallest absolute Gasteiger partial charge is 0.266 e. The molecule has 2 aromatic heterocycles. The number of aromatic nitrogens is 2. The maximum absolute atomic E-state index is 12.3. The van der Waals surface area contributed by atoms with Gasteiger partial charge in [0.15, 0.2) is 5.82 Å². The van der Waals surface area contributed by atoms with Gasteiger partial charge in [0.05, 0.1) is 0 Å². The highest BCUT2D eigenvalue weighted by Gasteiger charge is 2.19. The first kappa shape index (κ1) is 14.7. The Morgan fingerprint density at radius 2 is 2.10 bits per heavy atom. The van der Waals surface area contributed by atoms with E-state index in [2.05, 4.69) is 36.0 Å². The average Bonchev–Trinajstić information content (AvgIpc) is 2.42. The first-order valence-corrected chi connectivity index (χ1v) is 7.78. The molecule has 2 rings (SSSR count). The van der Waals surface area contributed by atoms with Crippen molar-refractivity contribution in [1.82, 2.24) is 9.97 Å². The Kier molecular flexibility index (Phi) is 4.21. The van der Waals surface area contributed by atoms with Crippen LogP contribution >= 0.6 is 15.9 Å². The third-order valence-corrected chi connectivity index (χ3v) is 4.70. The third-order valence-electron chi connectivity index (χ3n) is 2.48. The number of nitrogens with two attached hydrogens (primary N) is 1. The monoisotopic (exact) mass is 357 g/mol. The highest BCUT2D eigenvalue weighted by atomic mass is 79.9. The summed E-state index contributed by atoms with van der Waals surface area (Å²) in [5, 5.41) is 0. The van der Waals surface area contributed by atoms with Crippen LogP contribution in [0.15, 0.2) is 40.0 Å². The summed E-state index contributed by atoms with van der Waals surface area (Å²) in [6.07, 6.45) is 2.97. The van der Waals surface area contributed by atoms with Crippen molar-refractivity contribution in [3.05, 3.63) is 40.6 Å². The van der Waals surface area contributed by atoms with Crippen molar-refractivity contribution in [2.24, 2.45) is 5.84 Å². The SMILES string of the molecule is Cc1cc(NS(=O)(=O)c2cccnc2NN)ncc1Br. The second kappa shape index (κ2) is 5.73. The van der Waals surface area contributed by atoms with E-state index in [0.717, 1.165) is 10.0 Å². The van der Waals surface area contributed by atoms with Gasteiger partial charge in [-0.05, 0) is 46.6 Å². The van der Waals surface area contributed by atoms with E-state index >= 15 is 0 Å². The lowest BCUT2D eigenvalue weighted by Crippen LogP contribution is -2.19. The van der Waals surface area contributed by atoms with Gasteiger partial charge in [0, 0.05) is 16.9 Å². The lowest BCUT2D eigenvalue weighted by atomic mass is 10.3. The Bertz CT molecular complexity index is 735. The van der Waals surface area contributed by atoms with E-state index in [0.29, 0.717) is 0 Å². The predicted octanol–water partition coefficient (Wildman–Crippen LogP) is 1.63. The zero-order chi connectivity index (χ0) is 14.8. The second-order valence-corrected chi connectivity index (χ2v) is 6.42. The molecule has 0 radical (unpaired) electrons. The molecule has 0 fully saturated rings. The number of sulfonamides is 1. The Morgan fingerprint density at radius 3 is 2.75 bits per heavy atom. The summed E-state index contributed by atoms with van der Waals surface area (Å²) in [6.45, 7) is 1.83. The van der Waals surface area contributed by atoms with Crippen molar-refractivity contribution >= 4 is 37.6 Å². The largest absolute Gasteiger partial charge is 0.307 e. The molecule has 0 atom stereocenters. The summed E-state index contributed by atoms with van der Waals surface area (Å²) in [5.74, 6) is 5.54. The first-order valence-electron chi connectivity index (χ1n) is 5.50. The molecule has 20 heavy (non-hydrogen) atoms. The molecule has 0 amide bonds. The number of hydrazine groups is 1. The predicted molar refractivity (Wildman–Crippen MR) is 79.5 cm³/mol. The number of anilines is 2. The zero-order valence-corrected chi connectivity index (χ0v) is 12.9. The molecule has 2 aromatic rings. The summed E-state index contributed by atoms with van der Waals surface area (Å²) in [7, 11) is -3.82. The summed E-state index contributed by atoms with van der Waals surface area (Å²) in [5.41, 5.74) is 3.11. The quantitative estimate of drug-likeness (QED) is 0.566. The number of nitrogens with zero attached hydrogens (tertiary/aromatic N) is 2. The number of pyridine rings is 2. The van der Waals surface area contributed by atoms with Crippen molar-refractivity contribution in [3.63, 3.8) is 0 Å². The van der Waals surface area contributed by atoms with Crippen molar-refractivity contribution in [1.29, 1.82) is 0 Å². The molecule has 9 heteroatoms. The minimum Gasteiger partial charge on any atom is -0.307 e. The molecule has 2 heterocycles. The van der Waals surface area contributed by atoms with Crippen LogP contribution in [0.2, 0.25) is 0 Å². The van der Waals surface area contributed by atoms with E-state index in [9.17, 15) is 8.42 Å². The van der Waals surface area contributed by atoms with Gasteiger partial charge in [0.1, 0.15) is 10.7 Å². The fourth-order valence-corrected chi connectivity index (χ4v) is 2.84. The number of halogens is 1. The number of rotatable bonds is 4. The van der Waals surface area contributed by atoms with Crippen LogP contribution in [0.1, 0.15) is 5.56 Å².